The molecular weight excluding hydrogens is 170 g/mol. The summed E-state index contributed by atoms with van der Waals surface area (Å²) in [4.78, 5) is 2.08. The molecule has 3 N–H and O–H groups in total. The van der Waals surface area contributed by atoms with Gasteiger partial charge in [-0.25, -0.2) is 0 Å². The van der Waals surface area contributed by atoms with Crippen LogP contribution in [0.3, 0.4) is 0 Å². The average molecular weight is 189 g/mol. The summed E-state index contributed by atoms with van der Waals surface area (Å²) in [6, 6.07) is 0. The van der Waals surface area contributed by atoms with Crippen LogP contribution in [0.4, 0.5) is 0 Å². The molecule has 0 aliphatic rings. The Labute approximate surface area is 79.2 Å². The van der Waals surface area contributed by atoms with Gasteiger partial charge in [-0.1, -0.05) is 12.1 Å². The van der Waals surface area contributed by atoms with Gasteiger partial charge in [-0.2, -0.15) is 0 Å². The summed E-state index contributed by atoms with van der Waals surface area (Å²) in [5.41, 5.74) is 5.39. The van der Waals surface area contributed by atoms with Crippen molar-refractivity contribution in [1.29, 1.82) is 0 Å². The number of hydrogen-bond donors (Lipinski definition) is 2. The van der Waals surface area contributed by atoms with Crippen molar-refractivity contribution in [3.8, 4) is 0 Å². The van der Waals surface area contributed by atoms with Gasteiger partial charge in [-0.3, -0.25) is 4.90 Å². The zero-order valence-corrected chi connectivity index (χ0v) is 8.36. The van der Waals surface area contributed by atoms with Crippen LogP contribution in [0.5, 0.6) is 0 Å². The van der Waals surface area contributed by atoms with E-state index in [0.29, 0.717) is 13.2 Å². The molecular formula is C8H19N3O2. The first-order valence-corrected chi connectivity index (χ1v) is 4.42. The molecule has 0 heterocycles. The molecule has 0 saturated carbocycles. The van der Waals surface area contributed by atoms with Gasteiger partial charge in [0.2, 0.25) is 0 Å². The van der Waals surface area contributed by atoms with Gasteiger partial charge in [0.1, 0.15) is 0 Å². The van der Waals surface area contributed by atoms with E-state index in [4.69, 9.17) is 15.7 Å². The predicted octanol–water partition coefficient (Wildman–Crippen LogP) is 0.0912. The number of oxime groups is 1. The largest absolute Gasteiger partial charge is 0.409 e. The SMILES string of the molecule is CCCN(CCOC)CC(N)=NO. The second kappa shape index (κ2) is 7.82. The molecule has 0 fully saturated rings. The molecule has 0 rings (SSSR count). The Morgan fingerprint density at radius 2 is 2.23 bits per heavy atom. The minimum Gasteiger partial charge on any atom is -0.409 e. The quantitative estimate of drug-likeness (QED) is 0.258. The molecule has 0 spiro atoms. The molecule has 0 amide bonds. The molecule has 0 saturated heterocycles. The van der Waals surface area contributed by atoms with Gasteiger partial charge >= 0.3 is 0 Å². The van der Waals surface area contributed by atoms with E-state index in [1.807, 2.05) is 0 Å². The number of amidine groups is 1. The molecule has 0 atom stereocenters. The van der Waals surface area contributed by atoms with Crippen molar-refractivity contribution in [2.24, 2.45) is 10.9 Å². The Kier molecular flexibility index (Phi) is 7.33. The van der Waals surface area contributed by atoms with Crippen molar-refractivity contribution in [3.05, 3.63) is 0 Å². The summed E-state index contributed by atoms with van der Waals surface area (Å²) in [6.45, 7) is 4.98. The summed E-state index contributed by atoms with van der Waals surface area (Å²) < 4.78 is 4.95. The minimum absolute atomic E-state index is 0.240. The van der Waals surface area contributed by atoms with Crippen molar-refractivity contribution >= 4 is 5.84 Å². The van der Waals surface area contributed by atoms with Crippen molar-refractivity contribution in [3.63, 3.8) is 0 Å². The Hall–Kier alpha value is -0.810. The van der Waals surface area contributed by atoms with Gasteiger partial charge < -0.3 is 15.7 Å². The van der Waals surface area contributed by atoms with Gasteiger partial charge in [0.15, 0.2) is 5.84 Å². The molecule has 0 aromatic carbocycles. The average Bonchev–Trinajstić information content (AvgIpc) is 2.14. The topological polar surface area (TPSA) is 71.1 Å². The van der Waals surface area contributed by atoms with E-state index < -0.39 is 0 Å². The molecule has 5 heteroatoms. The second-order valence-electron chi connectivity index (χ2n) is 2.86. The number of rotatable bonds is 7. The first kappa shape index (κ1) is 12.2. The Morgan fingerprint density at radius 1 is 1.54 bits per heavy atom. The summed E-state index contributed by atoms with van der Waals surface area (Å²) in [6.07, 6.45) is 1.04. The van der Waals surface area contributed by atoms with Gasteiger partial charge in [0.25, 0.3) is 0 Å². The lowest BCUT2D eigenvalue weighted by Crippen LogP contribution is -2.36. The molecule has 0 aliphatic heterocycles. The van der Waals surface area contributed by atoms with Crippen molar-refractivity contribution in [1.82, 2.24) is 4.90 Å². The van der Waals surface area contributed by atoms with E-state index in [9.17, 15) is 0 Å². The lowest BCUT2D eigenvalue weighted by molar-refractivity contribution is 0.155. The van der Waals surface area contributed by atoms with Crippen molar-refractivity contribution in [2.75, 3.05) is 33.4 Å². The predicted molar refractivity (Wildman–Crippen MR) is 52.0 cm³/mol. The highest BCUT2D eigenvalue weighted by Gasteiger charge is 2.05. The van der Waals surface area contributed by atoms with E-state index in [-0.39, 0.29) is 5.84 Å². The van der Waals surface area contributed by atoms with Crippen LogP contribution in [-0.4, -0.2) is 49.3 Å². The summed E-state index contributed by atoms with van der Waals surface area (Å²) in [5, 5.41) is 11.3. The molecule has 0 radical (unpaired) electrons. The lowest BCUT2D eigenvalue weighted by atomic mass is 10.4. The zero-order chi connectivity index (χ0) is 10.1. The van der Waals surface area contributed by atoms with E-state index in [0.717, 1.165) is 19.5 Å². The number of methoxy groups -OCH3 is 1. The maximum atomic E-state index is 8.38. The van der Waals surface area contributed by atoms with Crippen molar-refractivity contribution < 1.29 is 9.94 Å². The monoisotopic (exact) mass is 189 g/mol. The van der Waals surface area contributed by atoms with Gasteiger partial charge in [-0.15, -0.1) is 0 Å². The third-order valence-electron chi connectivity index (χ3n) is 1.67. The summed E-state index contributed by atoms with van der Waals surface area (Å²) >= 11 is 0. The molecule has 0 unspecified atom stereocenters. The Bertz CT molecular complexity index is 150. The van der Waals surface area contributed by atoms with Crippen LogP contribution >= 0.6 is 0 Å². The van der Waals surface area contributed by atoms with Crippen LogP contribution in [0, 0.1) is 0 Å². The number of nitrogens with two attached hydrogens (primary N) is 1. The second-order valence-corrected chi connectivity index (χ2v) is 2.86. The first-order chi connectivity index (χ1) is 6.24. The first-order valence-electron chi connectivity index (χ1n) is 4.42. The maximum absolute atomic E-state index is 8.38. The summed E-state index contributed by atoms with van der Waals surface area (Å²) in [5.74, 6) is 0.240. The highest BCUT2D eigenvalue weighted by atomic mass is 16.5. The third-order valence-corrected chi connectivity index (χ3v) is 1.67. The molecule has 0 bridgehead atoms. The van der Waals surface area contributed by atoms with Crippen molar-refractivity contribution in [2.45, 2.75) is 13.3 Å². The fourth-order valence-corrected chi connectivity index (χ4v) is 1.07. The lowest BCUT2D eigenvalue weighted by Gasteiger charge is -2.19. The van der Waals surface area contributed by atoms with Crippen LogP contribution in [0.25, 0.3) is 0 Å². The zero-order valence-electron chi connectivity index (χ0n) is 8.36. The number of nitrogens with zero attached hydrogens (tertiary/aromatic N) is 2. The molecule has 0 aromatic rings. The van der Waals surface area contributed by atoms with E-state index >= 15 is 0 Å². The molecule has 0 aliphatic carbocycles. The molecule has 0 aromatic heterocycles. The van der Waals surface area contributed by atoms with Crippen LogP contribution in [0.2, 0.25) is 0 Å². The van der Waals surface area contributed by atoms with Crippen LogP contribution in [0.1, 0.15) is 13.3 Å². The molecule has 78 valence electrons. The van der Waals surface area contributed by atoms with Crippen LogP contribution in [-0.2, 0) is 4.74 Å². The minimum atomic E-state index is 0.240. The van der Waals surface area contributed by atoms with E-state index in [2.05, 4.69) is 17.0 Å². The highest BCUT2D eigenvalue weighted by Crippen LogP contribution is 1.91. The third kappa shape index (κ3) is 6.36. The summed E-state index contributed by atoms with van der Waals surface area (Å²) in [7, 11) is 1.66. The normalized spacial score (nSPS) is 12.4. The number of ether oxygens (including phenoxy) is 1. The van der Waals surface area contributed by atoms with Gasteiger partial charge in [0.05, 0.1) is 13.2 Å². The van der Waals surface area contributed by atoms with Crippen LogP contribution < -0.4 is 5.73 Å². The highest BCUT2D eigenvalue weighted by molar-refractivity contribution is 5.81. The number of hydrogen-bond acceptors (Lipinski definition) is 4. The van der Waals surface area contributed by atoms with E-state index in [1.165, 1.54) is 0 Å². The molecule has 5 nitrogen and oxygen atoms in total. The Balaban J connectivity index is 3.79. The standard InChI is InChI=1S/C8H19N3O2/c1-3-4-11(5-6-13-2)7-8(9)10-12/h12H,3-7H2,1-2H3,(H2,9,10). The van der Waals surface area contributed by atoms with E-state index in [1.54, 1.807) is 7.11 Å². The fourth-order valence-electron chi connectivity index (χ4n) is 1.07. The van der Waals surface area contributed by atoms with Gasteiger partial charge in [-0.05, 0) is 13.0 Å². The van der Waals surface area contributed by atoms with Gasteiger partial charge in [0, 0.05) is 13.7 Å². The molecule has 13 heavy (non-hydrogen) atoms. The smallest absolute Gasteiger partial charge is 0.153 e. The fraction of sp³-hybridized carbons (Fsp3) is 0.875. The Morgan fingerprint density at radius 3 is 2.69 bits per heavy atom. The maximum Gasteiger partial charge on any atom is 0.153 e. The van der Waals surface area contributed by atoms with Crippen LogP contribution in [0.15, 0.2) is 5.16 Å².